The van der Waals surface area contributed by atoms with Crippen LogP contribution in [0.2, 0.25) is 0 Å². The van der Waals surface area contributed by atoms with Crippen molar-refractivity contribution in [3.8, 4) is 5.75 Å². The molecular formula is C28H21N3O2. The first-order valence-electron chi connectivity index (χ1n) is 10.6. The molecule has 5 aromatic rings. The molecule has 1 amide bonds. The molecule has 0 unspecified atom stereocenters. The second-order valence-electron chi connectivity index (χ2n) is 7.89. The van der Waals surface area contributed by atoms with Crippen LogP contribution in [-0.2, 0) is 0 Å². The fourth-order valence-corrected chi connectivity index (χ4v) is 3.77. The minimum atomic E-state index is -0.413. The molecule has 2 N–H and O–H groups in total. The number of carbonyl (C=O) groups is 1. The van der Waals surface area contributed by atoms with Gasteiger partial charge in [-0.25, -0.2) is 0 Å². The third-order valence-corrected chi connectivity index (χ3v) is 5.55. The number of phenolic OH excluding ortho intramolecular Hbond substituents is 1. The highest BCUT2D eigenvalue weighted by Crippen LogP contribution is 2.39. The highest BCUT2D eigenvalue weighted by molar-refractivity contribution is 6.11. The van der Waals surface area contributed by atoms with Crippen LogP contribution in [-0.4, -0.2) is 11.0 Å². The van der Waals surface area contributed by atoms with Crippen LogP contribution < -0.4 is 5.32 Å². The Balaban J connectivity index is 1.55. The normalized spacial score (nSPS) is 11.3. The summed E-state index contributed by atoms with van der Waals surface area (Å²) < 4.78 is 0. The minimum absolute atomic E-state index is 0.140. The molecular weight excluding hydrogens is 410 g/mol. The van der Waals surface area contributed by atoms with Gasteiger partial charge in [0.05, 0.1) is 11.3 Å². The van der Waals surface area contributed by atoms with Gasteiger partial charge < -0.3 is 10.4 Å². The second kappa shape index (κ2) is 8.55. The maximum atomic E-state index is 13.0. The number of benzene rings is 5. The molecule has 160 valence electrons. The van der Waals surface area contributed by atoms with Crippen LogP contribution in [0.5, 0.6) is 5.75 Å². The monoisotopic (exact) mass is 431 g/mol. The molecule has 5 nitrogen and oxygen atoms in total. The molecule has 0 aliphatic carbocycles. The molecule has 33 heavy (non-hydrogen) atoms. The van der Waals surface area contributed by atoms with Crippen molar-refractivity contribution in [2.24, 2.45) is 10.2 Å². The van der Waals surface area contributed by atoms with Gasteiger partial charge in [-0.05, 0) is 53.4 Å². The Kier molecular flexibility index (Phi) is 5.29. The van der Waals surface area contributed by atoms with Gasteiger partial charge in [0, 0.05) is 11.1 Å². The fraction of sp³-hybridized carbons (Fsp3) is 0.0357. The third-order valence-electron chi connectivity index (χ3n) is 5.55. The Morgan fingerprint density at radius 2 is 1.45 bits per heavy atom. The maximum Gasteiger partial charge on any atom is 0.259 e. The first kappa shape index (κ1) is 20.4. The number of anilines is 1. The highest BCUT2D eigenvalue weighted by Gasteiger charge is 2.18. The van der Waals surface area contributed by atoms with Crippen molar-refractivity contribution < 1.29 is 9.90 Å². The number of phenols is 1. The number of rotatable bonds is 4. The van der Waals surface area contributed by atoms with Gasteiger partial charge in [-0.15, -0.1) is 5.11 Å². The average molecular weight is 431 g/mol. The number of carbonyl (C=O) groups excluding carboxylic acids is 1. The van der Waals surface area contributed by atoms with E-state index >= 15 is 0 Å². The quantitative estimate of drug-likeness (QED) is 0.286. The molecule has 0 heterocycles. The molecule has 0 bridgehead atoms. The third kappa shape index (κ3) is 4.16. The van der Waals surface area contributed by atoms with Crippen LogP contribution in [0.1, 0.15) is 15.9 Å². The zero-order chi connectivity index (χ0) is 22.8. The number of nitrogens with zero attached hydrogens (tertiary/aromatic N) is 2. The highest BCUT2D eigenvalue weighted by atomic mass is 16.3. The van der Waals surface area contributed by atoms with E-state index in [1.54, 1.807) is 6.07 Å². The Morgan fingerprint density at radius 1 is 0.758 bits per heavy atom. The Bertz CT molecular complexity index is 1520. The van der Waals surface area contributed by atoms with Gasteiger partial charge in [-0.1, -0.05) is 72.3 Å². The molecule has 0 fully saturated rings. The van der Waals surface area contributed by atoms with E-state index in [4.69, 9.17) is 0 Å². The zero-order valence-electron chi connectivity index (χ0n) is 18.0. The molecule has 5 rings (SSSR count). The topological polar surface area (TPSA) is 74.0 Å². The number of hydrogen-bond acceptors (Lipinski definition) is 4. The van der Waals surface area contributed by atoms with Crippen molar-refractivity contribution in [1.82, 2.24) is 0 Å². The van der Waals surface area contributed by atoms with Gasteiger partial charge in [-0.2, -0.15) is 5.11 Å². The zero-order valence-corrected chi connectivity index (χ0v) is 18.0. The number of fused-ring (bicyclic) bond motifs is 2. The minimum Gasteiger partial charge on any atom is -0.505 e. The van der Waals surface area contributed by atoms with Crippen LogP contribution in [0.3, 0.4) is 0 Å². The van der Waals surface area contributed by atoms with E-state index < -0.39 is 5.91 Å². The van der Waals surface area contributed by atoms with Crippen LogP contribution in [0, 0.1) is 6.92 Å². The lowest BCUT2D eigenvalue weighted by molar-refractivity contribution is 0.102. The summed E-state index contributed by atoms with van der Waals surface area (Å²) >= 11 is 0. The van der Waals surface area contributed by atoms with Crippen molar-refractivity contribution in [3.05, 3.63) is 108 Å². The number of aromatic hydroxyl groups is 1. The van der Waals surface area contributed by atoms with Crippen molar-refractivity contribution in [2.45, 2.75) is 6.92 Å². The van der Waals surface area contributed by atoms with E-state index in [0.717, 1.165) is 21.7 Å². The summed E-state index contributed by atoms with van der Waals surface area (Å²) in [5.74, 6) is -0.618. The Labute approximate surface area is 191 Å². The van der Waals surface area contributed by atoms with Crippen molar-refractivity contribution >= 4 is 44.5 Å². The number of azo groups is 1. The fourth-order valence-electron chi connectivity index (χ4n) is 3.77. The SMILES string of the molecule is Cc1ccc(NC(=O)c2cc3ccccc3c(/N=N/c3ccc4ccccc4c3)c2O)cc1. The molecule has 0 saturated carbocycles. The summed E-state index contributed by atoms with van der Waals surface area (Å²) in [4.78, 5) is 13.0. The van der Waals surface area contributed by atoms with Gasteiger partial charge in [0.1, 0.15) is 5.69 Å². The lowest BCUT2D eigenvalue weighted by Crippen LogP contribution is -2.12. The van der Waals surface area contributed by atoms with E-state index in [1.165, 1.54) is 0 Å². The predicted octanol–water partition coefficient (Wildman–Crippen LogP) is 7.67. The molecule has 0 radical (unpaired) electrons. The summed E-state index contributed by atoms with van der Waals surface area (Å²) in [5.41, 5.74) is 2.80. The van der Waals surface area contributed by atoms with Gasteiger partial charge in [0.25, 0.3) is 5.91 Å². The Morgan fingerprint density at radius 3 is 2.24 bits per heavy atom. The second-order valence-corrected chi connectivity index (χ2v) is 7.89. The Hall–Kier alpha value is -4.51. The largest absolute Gasteiger partial charge is 0.505 e. The molecule has 0 aliphatic rings. The number of hydrogen-bond donors (Lipinski definition) is 2. The van der Waals surface area contributed by atoms with E-state index in [-0.39, 0.29) is 17.0 Å². The summed E-state index contributed by atoms with van der Waals surface area (Å²) in [6.45, 7) is 1.98. The van der Waals surface area contributed by atoms with E-state index in [2.05, 4.69) is 15.5 Å². The maximum absolute atomic E-state index is 13.0. The molecule has 0 saturated heterocycles. The summed E-state index contributed by atoms with van der Waals surface area (Å²) in [6, 6.07) is 30.4. The molecule has 0 aromatic heterocycles. The standard InChI is InChI=1S/C28H21N3O2/c1-18-10-13-22(14-11-18)29-28(33)25-17-21-8-4-5-9-24(21)26(27(25)32)31-30-23-15-12-19-6-2-3-7-20(19)16-23/h2-17,32H,1H3,(H,29,33)/b31-30+. The van der Waals surface area contributed by atoms with E-state index in [1.807, 2.05) is 97.9 Å². The molecule has 5 heteroatoms. The predicted molar refractivity (Wildman–Crippen MR) is 133 cm³/mol. The molecule has 0 spiro atoms. The lowest BCUT2D eigenvalue weighted by Gasteiger charge is -2.11. The molecule has 5 aromatic carbocycles. The van der Waals surface area contributed by atoms with Crippen LogP contribution >= 0.6 is 0 Å². The van der Waals surface area contributed by atoms with Crippen LogP contribution in [0.4, 0.5) is 17.1 Å². The molecule has 0 aliphatic heterocycles. The van der Waals surface area contributed by atoms with Gasteiger partial charge in [0.2, 0.25) is 0 Å². The lowest BCUT2D eigenvalue weighted by atomic mass is 10.0. The van der Waals surface area contributed by atoms with Crippen LogP contribution in [0.25, 0.3) is 21.5 Å². The first-order chi connectivity index (χ1) is 16.1. The summed E-state index contributed by atoms with van der Waals surface area (Å²) in [6.07, 6.45) is 0. The number of amides is 1. The molecule has 0 atom stereocenters. The van der Waals surface area contributed by atoms with Crippen molar-refractivity contribution in [3.63, 3.8) is 0 Å². The van der Waals surface area contributed by atoms with E-state index in [0.29, 0.717) is 16.8 Å². The smallest absolute Gasteiger partial charge is 0.259 e. The summed E-state index contributed by atoms with van der Waals surface area (Å²) in [5, 5.41) is 26.3. The van der Waals surface area contributed by atoms with Gasteiger partial charge in [-0.3, -0.25) is 4.79 Å². The number of nitrogens with one attached hydrogen (secondary N) is 1. The van der Waals surface area contributed by atoms with E-state index in [9.17, 15) is 9.90 Å². The first-order valence-corrected chi connectivity index (χ1v) is 10.6. The van der Waals surface area contributed by atoms with Crippen LogP contribution in [0.15, 0.2) is 107 Å². The average Bonchev–Trinajstić information content (AvgIpc) is 2.84. The number of aryl methyl sites for hydroxylation is 1. The summed E-state index contributed by atoms with van der Waals surface area (Å²) in [7, 11) is 0. The van der Waals surface area contributed by atoms with Gasteiger partial charge >= 0.3 is 0 Å². The van der Waals surface area contributed by atoms with Crippen molar-refractivity contribution in [2.75, 3.05) is 5.32 Å². The van der Waals surface area contributed by atoms with Crippen molar-refractivity contribution in [1.29, 1.82) is 0 Å². The van der Waals surface area contributed by atoms with Gasteiger partial charge in [0.15, 0.2) is 5.75 Å².